The molecular weight excluding hydrogens is 240 g/mol. The van der Waals surface area contributed by atoms with Crippen molar-refractivity contribution in [3.63, 3.8) is 0 Å². The third-order valence-corrected chi connectivity index (χ3v) is 2.48. The van der Waals surface area contributed by atoms with E-state index in [9.17, 15) is 0 Å². The Morgan fingerprint density at radius 1 is 1.32 bits per heavy atom. The molecule has 5 heteroatoms. The summed E-state index contributed by atoms with van der Waals surface area (Å²) in [5, 5.41) is 3.01. The molecule has 1 heterocycles. The summed E-state index contributed by atoms with van der Waals surface area (Å²) in [5.41, 5.74) is 7.52. The summed E-state index contributed by atoms with van der Waals surface area (Å²) in [4.78, 5) is 8.40. The van der Waals surface area contributed by atoms with Crippen LogP contribution in [0.5, 0.6) is 5.75 Å². The molecule has 0 aliphatic carbocycles. The van der Waals surface area contributed by atoms with Crippen LogP contribution in [0.15, 0.2) is 53.7 Å². The molecular formula is C14H16N4O. The van der Waals surface area contributed by atoms with Gasteiger partial charge in [0.25, 0.3) is 0 Å². The molecule has 0 atom stereocenters. The minimum atomic E-state index is 0.346. The second-order valence-corrected chi connectivity index (χ2v) is 3.88. The van der Waals surface area contributed by atoms with E-state index in [1.54, 1.807) is 13.3 Å². The molecule has 0 fully saturated rings. The van der Waals surface area contributed by atoms with E-state index >= 15 is 0 Å². The third kappa shape index (κ3) is 3.99. The number of anilines is 1. The lowest BCUT2D eigenvalue weighted by molar-refractivity contribution is 0.415. The monoisotopic (exact) mass is 256 g/mol. The smallest absolute Gasteiger partial charge is 0.193 e. The van der Waals surface area contributed by atoms with Gasteiger partial charge in [-0.3, -0.25) is 4.98 Å². The van der Waals surface area contributed by atoms with Crippen LogP contribution in [-0.2, 0) is 6.54 Å². The summed E-state index contributed by atoms with van der Waals surface area (Å²) >= 11 is 0. The fraction of sp³-hybridized carbons (Fsp3) is 0.143. The standard InChI is InChI=1S/C14H16N4O/c1-19-13-7-4-6-11(9-13)18-14(15)17-10-12-5-2-3-8-16-12/h2-9H,10H2,1H3,(H3,15,17,18). The highest BCUT2D eigenvalue weighted by Crippen LogP contribution is 2.16. The van der Waals surface area contributed by atoms with E-state index < -0.39 is 0 Å². The summed E-state index contributed by atoms with van der Waals surface area (Å²) < 4.78 is 5.14. The lowest BCUT2D eigenvalue weighted by Gasteiger charge is -2.07. The Labute approximate surface area is 112 Å². The molecule has 98 valence electrons. The summed E-state index contributed by atoms with van der Waals surface area (Å²) in [6.45, 7) is 0.448. The van der Waals surface area contributed by atoms with Gasteiger partial charge < -0.3 is 15.8 Å². The van der Waals surface area contributed by atoms with Crippen molar-refractivity contribution in [2.75, 3.05) is 12.4 Å². The number of rotatable bonds is 4. The van der Waals surface area contributed by atoms with Crippen molar-refractivity contribution in [2.24, 2.45) is 10.7 Å². The SMILES string of the molecule is COc1cccc(NC(N)=NCc2ccccn2)c1. The van der Waals surface area contributed by atoms with Crippen molar-refractivity contribution < 1.29 is 4.74 Å². The predicted molar refractivity (Wildman–Crippen MR) is 76.2 cm³/mol. The van der Waals surface area contributed by atoms with E-state index in [-0.39, 0.29) is 0 Å². The average molecular weight is 256 g/mol. The fourth-order valence-electron chi connectivity index (χ4n) is 1.55. The zero-order chi connectivity index (χ0) is 13.5. The van der Waals surface area contributed by atoms with E-state index in [0.29, 0.717) is 12.5 Å². The summed E-state index contributed by atoms with van der Waals surface area (Å²) in [6, 6.07) is 13.2. The molecule has 5 nitrogen and oxygen atoms in total. The first-order valence-corrected chi connectivity index (χ1v) is 5.89. The Hall–Kier alpha value is -2.56. The number of nitrogens with zero attached hydrogens (tertiary/aromatic N) is 2. The fourth-order valence-corrected chi connectivity index (χ4v) is 1.55. The van der Waals surface area contributed by atoms with Crippen LogP contribution in [0.2, 0.25) is 0 Å². The number of aromatic nitrogens is 1. The number of hydrogen-bond donors (Lipinski definition) is 2. The second-order valence-electron chi connectivity index (χ2n) is 3.88. The molecule has 0 aliphatic rings. The summed E-state index contributed by atoms with van der Waals surface area (Å²) in [5.74, 6) is 1.11. The van der Waals surface area contributed by atoms with Gasteiger partial charge in [0.15, 0.2) is 5.96 Å². The molecule has 1 aromatic heterocycles. The van der Waals surface area contributed by atoms with Gasteiger partial charge in [0.05, 0.1) is 19.3 Å². The van der Waals surface area contributed by atoms with Gasteiger partial charge in [-0.25, -0.2) is 4.99 Å². The highest BCUT2D eigenvalue weighted by atomic mass is 16.5. The number of aliphatic imine (C=N–C) groups is 1. The molecule has 0 saturated heterocycles. The molecule has 1 aromatic carbocycles. The van der Waals surface area contributed by atoms with Gasteiger partial charge in [-0.05, 0) is 24.3 Å². The van der Waals surface area contributed by atoms with E-state index in [0.717, 1.165) is 17.1 Å². The lowest BCUT2D eigenvalue weighted by atomic mass is 10.3. The van der Waals surface area contributed by atoms with Crippen LogP contribution in [0.3, 0.4) is 0 Å². The number of nitrogens with one attached hydrogen (secondary N) is 1. The first-order valence-electron chi connectivity index (χ1n) is 5.89. The zero-order valence-electron chi connectivity index (χ0n) is 10.7. The summed E-state index contributed by atoms with van der Waals surface area (Å²) in [7, 11) is 1.62. The normalized spacial score (nSPS) is 11.1. The van der Waals surface area contributed by atoms with Gasteiger partial charge >= 0.3 is 0 Å². The van der Waals surface area contributed by atoms with E-state index in [1.807, 2.05) is 42.5 Å². The van der Waals surface area contributed by atoms with Crippen molar-refractivity contribution >= 4 is 11.6 Å². The Balaban J connectivity index is 1.98. The van der Waals surface area contributed by atoms with Crippen LogP contribution >= 0.6 is 0 Å². The van der Waals surface area contributed by atoms with Crippen LogP contribution in [0.1, 0.15) is 5.69 Å². The van der Waals surface area contributed by atoms with Crippen LogP contribution in [0, 0.1) is 0 Å². The Morgan fingerprint density at radius 3 is 2.95 bits per heavy atom. The molecule has 0 spiro atoms. The minimum absolute atomic E-state index is 0.346. The van der Waals surface area contributed by atoms with Crippen molar-refractivity contribution in [3.8, 4) is 5.75 Å². The van der Waals surface area contributed by atoms with Crippen LogP contribution < -0.4 is 15.8 Å². The molecule has 2 rings (SSSR count). The molecule has 0 saturated carbocycles. The van der Waals surface area contributed by atoms with Gasteiger partial charge in [-0.1, -0.05) is 12.1 Å². The molecule has 19 heavy (non-hydrogen) atoms. The van der Waals surface area contributed by atoms with E-state index in [2.05, 4.69) is 15.3 Å². The number of nitrogens with two attached hydrogens (primary N) is 1. The topological polar surface area (TPSA) is 72.5 Å². The molecule has 0 unspecified atom stereocenters. The van der Waals surface area contributed by atoms with Gasteiger partial charge in [0.2, 0.25) is 0 Å². The van der Waals surface area contributed by atoms with E-state index in [1.165, 1.54) is 0 Å². The van der Waals surface area contributed by atoms with Crippen molar-refractivity contribution in [1.29, 1.82) is 0 Å². The maximum absolute atomic E-state index is 5.82. The van der Waals surface area contributed by atoms with Crippen LogP contribution in [0.4, 0.5) is 5.69 Å². The third-order valence-electron chi connectivity index (χ3n) is 2.48. The Bertz CT molecular complexity index is 554. The van der Waals surface area contributed by atoms with Gasteiger partial charge in [-0.15, -0.1) is 0 Å². The number of pyridine rings is 1. The van der Waals surface area contributed by atoms with Crippen molar-refractivity contribution in [3.05, 3.63) is 54.4 Å². The predicted octanol–water partition coefficient (Wildman–Crippen LogP) is 2.02. The second kappa shape index (κ2) is 6.39. The number of guanidine groups is 1. The van der Waals surface area contributed by atoms with Crippen LogP contribution in [-0.4, -0.2) is 18.1 Å². The first-order chi connectivity index (χ1) is 9.28. The van der Waals surface area contributed by atoms with E-state index in [4.69, 9.17) is 10.5 Å². The van der Waals surface area contributed by atoms with Gasteiger partial charge in [0.1, 0.15) is 5.75 Å². The largest absolute Gasteiger partial charge is 0.497 e. The molecule has 0 amide bonds. The van der Waals surface area contributed by atoms with Crippen LogP contribution in [0.25, 0.3) is 0 Å². The lowest BCUT2D eigenvalue weighted by Crippen LogP contribution is -2.22. The van der Waals surface area contributed by atoms with Crippen molar-refractivity contribution in [1.82, 2.24) is 4.98 Å². The highest BCUT2D eigenvalue weighted by molar-refractivity contribution is 5.92. The quantitative estimate of drug-likeness (QED) is 0.648. The number of methoxy groups -OCH3 is 1. The average Bonchev–Trinajstić information content (AvgIpc) is 2.46. The molecule has 0 aliphatic heterocycles. The number of ether oxygens (including phenoxy) is 1. The summed E-state index contributed by atoms with van der Waals surface area (Å²) in [6.07, 6.45) is 1.73. The zero-order valence-corrected chi connectivity index (χ0v) is 10.7. The minimum Gasteiger partial charge on any atom is -0.497 e. The van der Waals surface area contributed by atoms with Gasteiger partial charge in [0, 0.05) is 18.0 Å². The van der Waals surface area contributed by atoms with Gasteiger partial charge in [-0.2, -0.15) is 0 Å². The molecule has 3 N–H and O–H groups in total. The molecule has 0 bridgehead atoms. The maximum Gasteiger partial charge on any atom is 0.193 e. The maximum atomic E-state index is 5.82. The van der Waals surface area contributed by atoms with Crippen molar-refractivity contribution in [2.45, 2.75) is 6.54 Å². The molecule has 2 aromatic rings. The Kier molecular flexibility index (Phi) is 4.34. The highest BCUT2D eigenvalue weighted by Gasteiger charge is 1.97. The molecule has 0 radical (unpaired) electrons. The number of hydrogen-bond acceptors (Lipinski definition) is 3. The first kappa shape index (κ1) is 12.9. The number of benzene rings is 1. The Morgan fingerprint density at radius 2 is 2.21 bits per heavy atom.